The van der Waals surface area contributed by atoms with Crippen LogP contribution in [0, 0.1) is 0 Å². The van der Waals surface area contributed by atoms with Crippen molar-refractivity contribution in [2.24, 2.45) is 7.05 Å². The van der Waals surface area contributed by atoms with E-state index in [1.54, 1.807) is 13.3 Å². The number of nitrogens with zero attached hydrogens (tertiary/aromatic N) is 2. The summed E-state index contributed by atoms with van der Waals surface area (Å²) in [7, 11) is 3.65. The second kappa shape index (κ2) is 6.91. The van der Waals surface area contributed by atoms with Crippen LogP contribution >= 0.6 is 0 Å². The average Bonchev–Trinajstić information content (AvgIpc) is 2.82. The maximum absolute atomic E-state index is 5.96. The lowest BCUT2D eigenvalue weighted by Crippen LogP contribution is -2.37. The Labute approximate surface area is 115 Å². The lowest BCUT2D eigenvalue weighted by Gasteiger charge is -2.31. The van der Waals surface area contributed by atoms with Crippen LogP contribution in [0.25, 0.3) is 0 Å². The van der Waals surface area contributed by atoms with Crippen LogP contribution in [-0.4, -0.2) is 36.1 Å². The molecule has 0 spiro atoms. The van der Waals surface area contributed by atoms with Crippen LogP contribution in [0.1, 0.15) is 44.3 Å². The van der Waals surface area contributed by atoms with Gasteiger partial charge in [0.15, 0.2) is 5.75 Å². The SMILES string of the molecule is CCCNC(c1c(OC)cnn1C)C1CCCCO1. The maximum atomic E-state index is 5.96. The van der Waals surface area contributed by atoms with Crippen LogP contribution in [-0.2, 0) is 11.8 Å². The topological polar surface area (TPSA) is 48.3 Å². The highest BCUT2D eigenvalue weighted by atomic mass is 16.5. The summed E-state index contributed by atoms with van der Waals surface area (Å²) < 4.78 is 13.3. The molecule has 2 atom stereocenters. The number of nitrogens with one attached hydrogen (secondary N) is 1. The summed E-state index contributed by atoms with van der Waals surface area (Å²) in [5.74, 6) is 0.838. The summed E-state index contributed by atoms with van der Waals surface area (Å²) in [6.07, 6.45) is 6.58. The lowest BCUT2D eigenvalue weighted by molar-refractivity contribution is -0.0102. The second-order valence-corrected chi connectivity index (χ2v) is 5.06. The first kappa shape index (κ1) is 14.3. The molecule has 1 N–H and O–H groups in total. The van der Waals surface area contributed by atoms with Crippen molar-refractivity contribution in [1.82, 2.24) is 15.1 Å². The summed E-state index contributed by atoms with van der Waals surface area (Å²) in [6.45, 7) is 4.00. The molecule has 2 unspecified atom stereocenters. The number of aromatic nitrogens is 2. The number of rotatable bonds is 6. The van der Waals surface area contributed by atoms with Crippen LogP contribution in [0.2, 0.25) is 0 Å². The molecule has 0 amide bonds. The lowest BCUT2D eigenvalue weighted by atomic mass is 9.99. The fourth-order valence-electron chi connectivity index (χ4n) is 2.67. The van der Waals surface area contributed by atoms with E-state index in [1.807, 2.05) is 11.7 Å². The van der Waals surface area contributed by atoms with E-state index >= 15 is 0 Å². The molecule has 108 valence electrons. The van der Waals surface area contributed by atoms with Crippen LogP contribution in [0.5, 0.6) is 5.75 Å². The Balaban J connectivity index is 2.22. The number of aryl methyl sites for hydroxylation is 1. The van der Waals surface area contributed by atoms with E-state index in [2.05, 4.69) is 17.3 Å². The van der Waals surface area contributed by atoms with Crippen LogP contribution in [0.15, 0.2) is 6.20 Å². The van der Waals surface area contributed by atoms with E-state index in [0.29, 0.717) is 0 Å². The maximum Gasteiger partial charge on any atom is 0.161 e. The van der Waals surface area contributed by atoms with Gasteiger partial charge < -0.3 is 14.8 Å². The van der Waals surface area contributed by atoms with E-state index in [-0.39, 0.29) is 12.1 Å². The third-order valence-corrected chi connectivity index (χ3v) is 3.66. The number of hydrogen-bond acceptors (Lipinski definition) is 4. The average molecular weight is 267 g/mol. The van der Waals surface area contributed by atoms with Gasteiger partial charge in [0.25, 0.3) is 0 Å². The minimum absolute atomic E-state index is 0.155. The molecule has 5 nitrogen and oxygen atoms in total. The van der Waals surface area contributed by atoms with Gasteiger partial charge in [-0.15, -0.1) is 0 Å². The summed E-state index contributed by atoms with van der Waals surface area (Å²) in [5.41, 5.74) is 1.09. The van der Waals surface area contributed by atoms with Gasteiger partial charge in [0, 0.05) is 13.7 Å². The first-order valence-corrected chi connectivity index (χ1v) is 7.18. The van der Waals surface area contributed by atoms with Crippen molar-refractivity contribution in [2.75, 3.05) is 20.3 Å². The molecular weight excluding hydrogens is 242 g/mol. The molecule has 5 heteroatoms. The molecule has 1 saturated heterocycles. The number of hydrogen-bond donors (Lipinski definition) is 1. The summed E-state index contributed by atoms with van der Waals surface area (Å²) in [5, 5.41) is 7.90. The zero-order valence-electron chi connectivity index (χ0n) is 12.2. The Hall–Kier alpha value is -1.07. The molecule has 1 aromatic rings. The van der Waals surface area contributed by atoms with Crippen molar-refractivity contribution in [3.63, 3.8) is 0 Å². The molecule has 1 fully saturated rings. The van der Waals surface area contributed by atoms with Gasteiger partial charge in [-0.05, 0) is 32.2 Å². The van der Waals surface area contributed by atoms with Gasteiger partial charge in [-0.2, -0.15) is 5.10 Å². The molecule has 0 radical (unpaired) electrons. The fourth-order valence-corrected chi connectivity index (χ4v) is 2.67. The Kier molecular flexibility index (Phi) is 5.22. The largest absolute Gasteiger partial charge is 0.493 e. The predicted molar refractivity (Wildman–Crippen MR) is 74.4 cm³/mol. The van der Waals surface area contributed by atoms with Crippen molar-refractivity contribution in [2.45, 2.75) is 44.8 Å². The van der Waals surface area contributed by atoms with Crippen molar-refractivity contribution >= 4 is 0 Å². The highest BCUT2D eigenvalue weighted by molar-refractivity contribution is 5.29. The van der Waals surface area contributed by atoms with E-state index < -0.39 is 0 Å². The Bertz CT molecular complexity index is 386. The zero-order valence-corrected chi connectivity index (χ0v) is 12.2. The van der Waals surface area contributed by atoms with E-state index in [1.165, 1.54) is 12.8 Å². The van der Waals surface area contributed by atoms with Crippen molar-refractivity contribution in [3.05, 3.63) is 11.9 Å². The third-order valence-electron chi connectivity index (χ3n) is 3.66. The minimum atomic E-state index is 0.155. The van der Waals surface area contributed by atoms with Gasteiger partial charge in [-0.1, -0.05) is 6.92 Å². The normalized spacial score (nSPS) is 21.3. The molecule has 0 saturated carbocycles. The molecule has 0 aromatic carbocycles. The van der Waals surface area contributed by atoms with Gasteiger partial charge in [0.2, 0.25) is 0 Å². The quantitative estimate of drug-likeness (QED) is 0.857. The van der Waals surface area contributed by atoms with Gasteiger partial charge in [-0.3, -0.25) is 4.68 Å². The highest BCUT2D eigenvalue weighted by Gasteiger charge is 2.30. The van der Waals surface area contributed by atoms with E-state index in [4.69, 9.17) is 9.47 Å². The third kappa shape index (κ3) is 3.28. The molecule has 1 aromatic heterocycles. The molecule has 2 heterocycles. The van der Waals surface area contributed by atoms with Crippen molar-refractivity contribution in [1.29, 1.82) is 0 Å². The first-order chi connectivity index (χ1) is 9.27. The fraction of sp³-hybridized carbons (Fsp3) is 0.786. The highest BCUT2D eigenvalue weighted by Crippen LogP contribution is 2.31. The van der Waals surface area contributed by atoms with Crippen molar-refractivity contribution < 1.29 is 9.47 Å². The first-order valence-electron chi connectivity index (χ1n) is 7.18. The minimum Gasteiger partial charge on any atom is -0.493 e. The van der Waals surface area contributed by atoms with Crippen LogP contribution < -0.4 is 10.1 Å². The molecular formula is C14H25N3O2. The summed E-state index contributed by atoms with van der Waals surface area (Å²) in [6, 6.07) is 0.155. The van der Waals surface area contributed by atoms with Gasteiger partial charge in [0.1, 0.15) is 0 Å². The van der Waals surface area contributed by atoms with E-state index in [0.717, 1.165) is 37.4 Å². The Morgan fingerprint density at radius 2 is 2.42 bits per heavy atom. The summed E-state index contributed by atoms with van der Waals surface area (Å²) in [4.78, 5) is 0. The van der Waals surface area contributed by atoms with Crippen LogP contribution in [0.4, 0.5) is 0 Å². The van der Waals surface area contributed by atoms with Gasteiger partial charge in [-0.25, -0.2) is 0 Å². The molecule has 19 heavy (non-hydrogen) atoms. The Morgan fingerprint density at radius 1 is 1.58 bits per heavy atom. The molecule has 0 aliphatic carbocycles. The second-order valence-electron chi connectivity index (χ2n) is 5.06. The molecule has 0 bridgehead atoms. The number of ether oxygens (including phenoxy) is 2. The summed E-state index contributed by atoms with van der Waals surface area (Å²) >= 11 is 0. The molecule has 1 aliphatic heterocycles. The van der Waals surface area contributed by atoms with E-state index in [9.17, 15) is 0 Å². The van der Waals surface area contributed by atoms with Gasteiger partial charge in [0.05, 0.1) is 31.1 Å². The molecule has 1 aliphatic rings. The predicted octanol–water partition coefficient (Wildman–Crippen LogP) is 2.04. The number of methoxy groups -OCH3 is 1. The zero-order chi connectivity index (χ0) is 13.7. The monoisotopic (exact) mass is 267 g/mol. The van der Waals surface area contributed by atoms with Crippen molar-refractivity contribution in [3.8, 4) is 5.75 Å². The van der Waals surface area contributed by atoms with Gasteiger partial charge >= 0.3 is 0 Å². The smallest absolute Gasteiger partial charge is 0.161 e. The Morgan fingerprint density at radius 3 is 3.05 bits per heavy atom. The van der Waals surface area contributed by atoms with Crippen LogP contribution in [0.3, 0.4) is 0 Å². The molecule has 2 rings (SSSR count). The standard InChI is InChI=1S/C14H25N3O2/c1-4-8-15-13(11-7-5-6-9-19-11)14-12(18-3)10-16-17(14)2/h10-11,13,15H,4-9H2,1-3H3.